The zero-order chi connectivity index (χ0) is 23.6. The topological polar surface area (TPSA) is 123 Å². The summed E-state index contributed by atoms with van der Waals surface area (Å²) in [5.41, 5.74) is 4.82. The third-order valence-corrected chi connectivity index (χ3v) is 4.55. The molecule has 0 saturated heterocycles. The molecule has 0 spiro atoms. The van der Waals surface area contributed by atoms with E-state index in [4.69, 9.17) is 4.74 Å². The van der Waals surface area contributed by atoms with E-state index in [1.165, 1.54) is 24.4 Å². The van der Waals surface area contributed by atoms with Crippen LogP contribution < -0.4 is 15.5 Å². The summed E-state index contributed by atoms with van der Waals surface area (Å²) in [6.07, 6.45) is 1.19. The molecular formula is C24H22N4O5. The maximum Gasteiger partial charge on any atom is 0.273 e. The highest BCUT2D eigenvalue weighted by atomic mass is 16.6. The fourth-order valence-electron chi connectivity index (χ4n) is 2.92. The van der Waals surface area contributed by atoms with E-state index >= 15 is 0 Å². The van der Waals surface area contributed by atoms with E-state index in [0.717, 1.165) is 5.56 Å². The van der Waals surface area contributed by atoms with Gasteiger partial charge in [0.05, 0.1) is 17.6 Å². The van der Waals surface area contributed by atoms with Crippen LogP contribution in [-0.4, -0.2) is 29.6 Å². The van der Waals surface area contributed by atoms with Gasteiger partial charge in [-0.25, -0.2) is 5.43 Å². The van der Waals surface area contributed by atoms with E-state index in [9.17, 15) is 19.7 Å². The van der Waals surface area contributed by atoms with Crippen LogP contribution >= 0.6 is 0 Å². The van der Waals surface area contributed by atoms with E-state index in [2.05, 4.69) is 15.8 Å². The molecule has 3 aromatic rings. The molecule has 0 aromatic heterocycles. The number of nitro groups is 1. The number of ether oxygens (including phenoxy) is 1. The maximum atomic E-state index is 12.2. The van der Waals surface area contributed by atoms with Gasteiger partial charge in [0.15, 0.2) is 6.61 Å². The molecule has 3 aromatic carbocycles. The Balaban J connectivity index is 1.55. The lowest BCUT2D eigenvalue weighted by molar-refractivity contribution is -0.385. The fraction of sp³-hybridized carbons (Fsp3) is 0.125. The number of carbonyl (C=O) groups is 2. The van der Waals surface area contributed by atoms with Crippen LogP contribution in [0, 0.1) is 17.0 Å². The molecule has 0 heterocycles. The normalized spacial score (nSPS) is 10.6. The van der Waals surface area contributed by atoms with Crippen molar-refractivity contribution in [1.29, 1.82) is 0 Å². The first-order valence-corrected chi connectivity index (χ1v) is 10.0. The number of rotatable bonds is 9. The summed E-state index contributed by atoms with van der Waals surface area (Å²) in [4.78, 5) is 34.8. The van der Waals surface area contributed by atoms with Crippen LogP contribution in [0.5, 0.6) is 5.75 Å². The Morgan fingerprint density at radius 2 is 1.70 bits per heavy atom. The first kappa shape index (κ1) is 23.1. The highest BCUT2D eigenvalue weighted by molar-refractivity contribution is 5.92. The van der Waals surface area contributed by atoms with Crippen LogP contribution in [0.3, 0.4) is 0 Å². The largest absolute Gasteiger partial charge is 0.483 e. The molecule has 0 fully saturated rings. The standard InChI is InChI=1S/C24H22N4O5/c1-17-10-12-20(13-11-17)26-24(30)16-33-22-9-5-3-7-19(22)15-25-27-23(29)14-18-6-2-4-8-21(18)28(31)32/h2-13,15H,14,16H2,1H3,(H,26,30)(H,27,29). The van der Waals surface area contributed by atoms with Gasteiger partial charge in [-0.15, -0.1) is 0 Å². The van der Waals surface area contributed by atoms with Crippen LogP contribution in [0.4, 0.5) is 11.4 Å². The molecule has 2 N–H and O–H groups in total. The number of nitro benzene ring substituents is 1. The maximum absolute atomic E-state index is 12.2. The summed E-state index contributed by atoms with van der Waals surface area (Å²) in [7, 11) is 0. The van der Waals surface area contributed by atoms with Gasteiger partial charge in [0.1, 0.15) is 5.75 Å². The van der Waals surface area contributed by atoms with Gasteiger partial charge >= 0.3 is 0 Å². The molecular weight excluding hydrogens is 424 g/mol. The fourth-order valence-corrected chi connectivity index (χ4v) is 2.92. The Hall–Kier alpha value is -4.53. The molecule has 0 aliphatic heterocycles. The predicted octanol–water partition coefficient (Wildman–Crippen LogP) is 3.61. The Morgan fingerprint density at radius 3 is 2.45 bits per heavy atom. The second-order valence-electron chi connectivity index (χ2n) is 7.10. The lowest BCUT2D eigenvalue weighted by Gasteiger charge is -2.09. The molecule has 0 bridgehead atoms. The number of hydrogen-bond acceptors (Lipinski definition) is 6. The molecule has 9 nitrogen and oxygen atoms in total. The second-order valence-corrected chi connectivity index (χ2v) is 7.10. The van der Waals surface area contributed by atoms with Crippen molar-refractivity contribution in [3.63, 3.8) is 0 Å². The molecule has 0 aliphatic carbocycles. The second kappa shape index (κ2) is 11.2. The van der Waals surface area contributed by atoms with Crippen LogP contribution in [0.25, 0.3) is 0 Å². The quantitative estimate of drug-likeness (QED) is 0.295. The van der Waals surface area contributed by atoms with Crippen molar-refractivity contribution in [2.75, 3.05) is 11.9 Å². The van der Waals surface area contributed by atoms with Gasteiger partial charge < -0.3 is 10.1 Å². The summed E-state index contributed by atoms with van der Waals surface area (Å²) < 4.78 is 5.60. The Bertz CT molecular complexity index is 1180. The number of hydrogen-bond donors (Lipinski definition) is 2. The molecule has 0 radical (unpaired) electrons. The van der Waals surface area contributed by atoms with Gasteiger partial charge in [-0.1, -0.05) is 48.0 Å². The number of benzene rings is 3. The first-order chi connectivity index (χ1) is 15.9. The minimum atomic E-state index is -0.533. The van der Waals surface area contributed by atoms with E-state index in [1.807, 2.05) is 19.1 Å². The number of carbonyl (C=O) groups excluding carboxylic acids is 2. The molecule has 0 unspecified atom stereocenters. The summed E-state index contributed by atoms with van der Waals surface area (Å²) >= 11 is 0. The van der Waals surface area contributed by atoms with Crippen LogP contribution in [0.1, 0.15) is 16.7 Å². The van der Waals surface area contributed by atoms with E-state index in [1.54, 1.807) is 42.5 Å². The molecule has 168 valence electrons. The lowest BCUT2D eigenvalue weighted by Crippen LogP contribution is -2.21. The van der Waals surface area contributed by atoms with Gasteiger partial charge in [0.2, 0.25) is 5.91 Å². The molecule has 0 aliphatic rings. The Labute approximate surface area is 190 Å². The average Bonchev–Trinajstić information content (AvgIpc) is 2.80. The number of nitrogens with one attached hydrogen (secondary N) is 2. The molecule has 33 heavy (non-hydrogen) atoms. The smallest absolute Gasteiger partial charge is 0.273 e. The van der Waals surface area contributed by atoms with Gasteiger partial charge in [-0.05, 0) is 31.2 Å². The third kappa shape index (κ3) is 7.00. The number of nitrogens with zero attached hydrogens (tertiary/aromatic N) is 2. The Morgan fingerprint density at radius 1 is 1.00 bits per heavy atom. The van der Waals surface area contributed by atoms with Gasteiger partial charge in [0, 0.05) is 22.9 Å². The SMILES string of the molecule is Cc1ccc(NC(=O)COc2ccccc2C=NNC(=O)Cc2ccccc2[N+](=O)[O-])cc1. The third-order valence-electron chi connectivity index (χ3n) is 4.55. The van der Waals surface area contributed by atoms with Gasteiger partial charge in [-0.3, -0.25) is 19.7 Å². The van der Waals surface area contributed by atoms with Crippen molar-refractivity contribution >= 4 is 29.4 Å². The number of anilines is 1. The summed E-state index contributed by atoms with van der Waals surface area (Å²) in [6.45, 7) is 1.75. The molecule has 0 saturated carbocycles. The van der Waals surface area contributed by atoms with Crippen molar-refractivity contribution in [1.82, 2.24) is 5.43 Å². The van der Waals surface area contributed by atoms with Crippen LogP contribution in [0.2, 0.25) is 0 Å². The average molecular weight is 446 g/mol. The highest BCUT2D eigenvalue weighted by Crippen LogP contribution is 2.18. The van der Waals surface area contributed by atoms with Crippen molar-refractivity contribution < 1.29 is 19.2 Å². The van der Waals surface area contributed by atoms with Crippen LogP contribution in [-0.2, 0) is 16.0 Å². The number of hydrazone groups is 1. The Kier molecular flexibility index (Phi) is 7.85. The van der Waals surface area contributed by atoms with E-state index in [0.29, 0.717) is 22.6 Å². The molecule has 3 rings (SSSR count). The van der Waals surface area contributed by atoms with Crippen molar-refractivity contribution in [2.24, 2.45) is 5.10 Å². The van der Waals surface area contributed by atoms with Crippen molar-refractivity contribution in [3.8, 4) is 5.75 Å². The van der Waals surface area contributed by atoms with E-state index in [-0.39, 0.29) is 24.6 Å². The summed E-state index contributed by atoms with van der Waals surface area (Å²) in [5, 5.41) is 17.7. The van der Waals surface area contributed by atoms with Crippen molar-refractivity contribution in [2.45, 2.75) is 13.3 Å². The lowest BCUT2D eigenvalue weighted by atomic mass is 10.1. The first-order valence-electron chi connectivity index (χ1n) is 10.0. The minimum Gasteiger partial charge on any atom is -0.483 e. The molecule has 2 amide bonds. The summed E-state index contributed by atoms with van der Waals surface area (Å²) in [5.74, 6) is -0.409. The van der Waals surface area contributed by atoms with Crippen molar-refractivity contribution in [3.05, 3.63) is 99.6 Å². The zero-order valence-electron chi connectivity index (χ0n) is 17.9. The van der Waals surface area contributed by atoms with Gasteiger partial charge in [-0.2, -0.15) is 5.10 Å². The van der Waals surface area contributed by atoms with Gasteiger partial charge in [0.25, 0.3) is 11.6 Å². The summed E-state index contributed by atoms with van der Waals surface area (Å²) in [6, 6.07) is 20.3. The molecule has 0 atom stereocenters. The molecule has 9 heteroatoms. The number of amides is 2. The van der Waals surface area contributed by atoms with Crippen LogP contribution in [0.15, 0.2) is 77.9 Å². The predicted molar refractivity (Wildman–Crippen MR) is 124 cm³/mol. The zero-order valence-corrected chi connectivity index (χ0v) is 17.9. The number of para-hydroxylation sites is 2. The van der Waals surface area contributed by atoms with E-state index < -0.39 is 10.8 Å². The highest BCUT2D eigenvalue weighted by Gasteiger charge is 2.15. The monoisotopic (exact) mass is 446 g/mol. The minimum absolute atomic E-state index is 0.126. The number of aryl methyl sites for hydroxylation is 1.